The van der Waals surface area contributed by atoms with Crippen LogP contribution in [0.4, 0.5) is 0 Å². The fraction of sp³-hybridized carbons (Fsp3) is 0.500. The van der Waals surface area contributed by atoms with Crippen LogP contribution in [-0.4, -0.2) is 71.8 Å². The second kappa shape index (κ2) is 8.29. The molecule has 1 unspecified atom stereocenters. The number of amides is 1. The van der Waals surface area contributed by atoms with Crippen molar-refractivity contribution in [2.45, 2.75) is 19.9 Å². The number of benzene rings is 1. The summed E-state index contributed by atoms with van der Waals surface area (Å²) >= 11 is 0. The number of morpholine rings is 1. The highest BCUT2D eigenvalue weighted by Crippen LogP contribution is 2.18. The van der Waals surface area contributed by atoms with Crippen LogP contribution in [0.15, 0.2) is 24.3 Å². The summed E-state index contributed by atoms with van der Waals surface area (Å²) < 4.78 is 12.2. The SMILES string of the molecule is COc1cccc(-n2nnc(C(=O)NCC(C)N3CCOCC3)c2C)c1. The number of rotatable bonds is 6. The normalized spacial score (nSPS) is 16.3. The van der Waals surface area contributed by atoms with E-state index in [-0.39, 0.29) is 11.9 Å². The Morgan fingerprint density at radius 1 is 1.38 bits per heavy atom. The molecule has 0 saturated carbocycles. The summed E-state index contributed by atoms with van der Waals surface area (Å²) in [6.07, 6.45) is 0. The number of hydrogen-bond donors (Lipinski definition) is 1. The van der Waals surface area contributed by atoms with Gasteiger partial charge in [-0.25, -0.2) is 4.68 Å². The van der Waals surface area contributed by atoms with E-state index < -0.39 is 0 Å². The van der Waals surface area contributed by atoms with Gasteiger partial charge in [-0.3, -0.25) is 9.69 Å². The van der Waals surface area contributed by atoms with Crippen LogP contribution in [-0.2, 0) is 4.74 Å². The van der Waals surface area contributed by atoms with Gasteiger partial charge in [-0.1, -0.05) is 11.3 Å². The van der Waals surface area contributed by atoms with E-state index in [4.69, 9.17) is 9.47 Å². The molecule has 1 aromatic heterocycles. The Morgan fingerprint density at radius 2 is 2.15 bits per heavy atom. The Bertz CT molecular complexity index is 755. The van der Waals surface area contributed by atoms with Crippen LogP contribution in [0.2, 0.25) is 0 Å². The van der Waals surface area contributed by atoms with Crippen molar-refractivity contribution in [1.82, 2.24) is 25.2 Å². The monoisotopic (exact) mass is 359 g/mol. The van der Waals surface area contributed by atoms with Gasteiger partial charge < -0.3 is 14.8 Å². The summed E-state index contributed by atoms with van der Waals surface area (Å²) in [5.74, 6) is 0.513. The van der Waals surface area contributed by atoms with Gasteiger partial charge in [-0.2, -0.15) is 0 Å². The summed E-state index contributed by atoms with van der Waals surface area (Å²) in [6, 6.07) is 7.72. The van der Waals surface area contributed by atoms with E-state index in [9.17, 15) is 4.79 Å². The minimum Gasteiger partial charge on any atom is -0.497 e. The zero-order valence-electron chi connectivity index (χ0n) is 15.4. The van der Waals surface area contributed by atoms with Gasteiger partial charge in [0.05, 0.1) is 31.7 Å². The van der Waals surface area contributed by atoms with Gasteiger partial charge >= 0.3 is 0 Å². The molecular weight excluding hydrogens is 334 g/mol. The third kappa shape index (κ3) is 4.03. The summed E-state index contributed by atoms with van der Waals surface area (Å²) in [5, 5.41) is 11.1. The maximum Gasteiger partial charge on any atom is 0.273 e. The number of methoxy groups -OCH3 is 1. The van der Waals surface area contributed by atoms with E-state index in [1.807, 2.05) is 31.2 Å². The molecule has 0 spiro atoms. The maximum absolute atomic E-state index is 12.5. The Balaban J connectivity index is 1.65. The van der Waals surface area contributed by atoms with Gasteiger partial charge in [0.25, 0.3) is 5.91 Å². The molecule has 2 heterocycles. The van der Waals surface area contributed by atoms with Crippen LogP contribution in [0.25, 0.3) is 5.69 Å². The molecule has 2 aromatic rings. The van der Waals surface area contributed by atoms with Crippen molar-refractivity contribution in [3.05, 3.63) is 35.7 Å². The number of carbonyl (C=O) groups is 1. The van der Waals surface area contributed by atoms with Gasteiger partial charge in [0, 0.05) is 31.7 Å². The van der Waals surface area contributed by atoms with Crippen LogP contribution < -0.4 is 10.1 Å². The Morgan fingerprint density at radius 3 is 2.88 bits per heavy atom. The third-order valence-electron chi connectivity index (χ3n) is 4.63. The van der Waals surface area contributed by atoms with Crippen molar-refractivity contribution in [3.8, 4) is 11.4 Å². The average Bonchev–Trinajstić information content (AvgIpc) is 3.08. The Labute approximate surface area is 153 Å². The highest BCUT2D eigenvalue weighted by atomic mass is 16.5. The highest BCUT2D eigenvalue weighted by Gasteiger charge is 2.21. The summed E-state index contributed by atoms with van der Waals surface area (Å²) in [4.78, 5) is 14.8. The molecule has 1 saturated heterocycles. The van der Waals surface area contributed by atoms with Gasteiger partial charge in [0.15, 0.2) is 5.69 Å². The standard InChI is InChI=1S/C18H25N5O3/c1-13(22-7-9-26-10-8-22)12-19-18(24)17-14(2)23(21-20-17)15-5-4-6-16(11-15)25-3/h4-6,11,13H,7-10,12H2,1-3H3,(H,19,24). The lowest BCUT2D eigenvalue weighted by atomic mass is 10.2. The van der Waals surface area contributed by atoms with Crippen LogP contribution >= 0.6 is 0 Å². The predicted molar refractivity (Wildman–Crippen MR) is 96.8 cm³/mol. The van der Waals surface area contributed by atoms with E-state index >= 15 is 0 Å². The molecule has 3 rings (SSSR count). The molecule has 1 aromatic carbocycles. The zero-order chi connectivity index (χ0) is 18.5. The molecule has 26 heavy (non-hydrogen) atoms. The largest absolute Gasteiger partial charge is 0.497 e. The average molecular weight is 359 g/mol. The van der Waals surface area contributed by atoms with Crippen molar-refractivity contribution < 1.29 is 14.3 Å². The smallest absolute Gasteiger partial charge is 0.273 e. The van der Waals surface area contributed by atoms with Crippen molar-refractivity contribution >= 4 is 5.91 Å². The van der Waals surface area contributed by atoms with Gasteiger partial charge in [-0.15, -0.1) is 5.10 Å². The van der Waals surface area contributed by atoms with Crippen molar-refractivity contribution in [2.75, 3.05) is 40.0 Å². The van der Waals surface area contributed by atoms with E-state index in [0.29, 0.717) is 17.9 Å². The number of nitrogens with one attached hydrogen (secondary N) is 1. The van der Waals surface area contributed by atoms with Crippen LogP contribution in [0.5, 0.6) is 5.75 Å². The first-order chi connectivity index (χ1) is 12.6. The lowest BCUT2D eigenvalue weighted by molar-refractivity contribution is 0.0204. The van der Waals surface area contributed by atoms with Crippen molar-refractivity contribution in [2.24, 2.45) is 0 Å². The first kappa shape index (κ1) is 18.3. The maximum atomic E-state index is 12.5. The minimum absolute atomic E-state index is 0.211. The van der Waals surface area contributed by atoms with Gasteiger partial charge in [-0.05, 0) is 26.0 Å². The highest BCUT2D eigenvalue weighted by molar-refractivity contribution is 5.93. The van der Waals surface area contributed by atoms with Crippen molar-refractivity contribution in [1.29, 1.82) is 0 Å². The summed E-state index contributed by atoms with van der Waals surface area (Å²) in [5.41, 5.74) is 1.83. The summed E-state index contributed by atoms with van der Waals surface area (Å²) in [6.45, 7) is 7.76. The lowest BCUT2D eigenvalue weighted by Gasteiger charge is -2.32. The third-order valence-corrected chi connectivity index (χ3v) is 4.63. The molecule has 0 radical (unpaired) electrons. The second-order valence-corrected chi connectivity index (χ2v) is 6.34. The topological polar surface area (TPSA) is 81.5 Å². The lowest BCUT2D eigenvalue weighted by Crippen LogP contribution is -2.47. The first-order valence-corrected chi connectivity index (χ1v) is 8.77. The molecule has 1 atom stereocenters. The molecule has 140 valence electrons. The van der Waals surface area contributed by atoms with Crippen LogP contribution in [0.3, 0.4) is 0 Å². The van der Waals surface area contributed by atoms with Gasteiger partial charge in [0.2, 0.25) is 0 Å². The quantitative estimate of drug-likeness (QED) is 0.830. The summed E-state index contributed by atoms with van der Waals surface area (Å²) in [7, 11) is 1.61. The molecule has 0 aliphatic carbocycles. The molecule has 0 bridgehead atoms. The number of carbonyl (C=O) groups excluding carboxylic acids is 1. The number of ether oxygens (including phenoxy) is 2. The van der Waals surface area contributed by atoms with E-state index in [2.05, 4.69) is 27.5 Å². The van der Waals surface area contributed by atoms with E-state index in [1.165, 1.54) is 0 Å². The minimum atomic E-state index is -0.211. The molecule has 1 N–H and O–H groups in total. The molecule has 8 heteroatoms. The number of aromatic nitrogens is 3. The van der Waals surface area contributed by atoms with Crippen LogP contribution in [0.1, 0.15) is 23.1 Å². The van der Waals surface area contributed by atoms with Crippen molar-refractivity contribution in [3.63, 3.8) is 0 Å². The van der Waals surface area contributed by atoms with Crippen LogP contribution in [0, 0.1) is 6.92 Å². The molecular formula is C18H25N5O3. The van der Waals surface area contributed by atoms with E-state index in [1.54, 1.807) is 11.8 Å². The second-order valence-electron chi connectivity index (χ2n) is 6.34. The Hall–Kier alpha value is -2.45. The first-order valence-electron chi connectivity index (χ1n) is 8.77. The molecule has 1 fully saturated rings. The molecule has 1 aliphatic rings. The predicted octanol–water partition coefficient (Wildman–Crippen LogP) is 1.03. The number of nitrogens with zero attached hydrogens (tertiary/aromatic N) is 4. The fourth-order valence-electron chi connectivity index (χ4n) is 3.00. The fourth-order valence-corrected chi connectivity index (χ4v) is 3.00. The molecule has 1 amide bonds. The zero-order valence-corrected chi connectivity index (χ0v) is 15.4. The Kier molecular flexibility index (Phi) is 5.85. The van der Waals surface area contributed by atoms with Gasteiger partial charge in [0.1, 0.15) is 5.75 Å². The molecule has 1 aliphatic heterocycles. The molecule has 8 nitrogen and oxygen atoms in total. The number of hydrogen-bond acceptors (Lipinski definition) is 6. The van der Waals surface area contributed by atoms with E-state index in [0.717, 1.165) is 37.7 Å².